The number of hydrogen-bond acceptors (Lipinski definition) is 2. The van der Waals surface area contributed by atoms with Gasteiger partial charge in [-0.25, -0.2) is 4.39 Å². The lowest BCUT2D eigenvalue weighted by Gasteiger charge is -2.48. The summed E-state index contributed by atoms with van der Waals surface area (Å²) < 4.78 is 14.4. The van der Waals surface area contributed by atoms with Crippen LogP contribution < -0.4 is 10.2 Å². The van der Waals surface area contributed by atoms with Crippen molar-refractivity contribution in [3.63, 3.8) is 0 Å². The van der Waals surface area contributed by atoms with Crippen LogP contribution in [0.3, 0.4) is 0 Å². The van der Waals surface area contributed by atoms with Crippen molar-refractivity contribution in [2.45, 2.75) is 53.6 Å². The highest BCUT2D eigenvalue weighted by atomic mass is 19.1. The van der Waals surface area contributed by atoms with Crippen molar-refractivity contribution in [2.75, 3.05) is 18.0 Å². The van der Waals surface area contributed by atoms with E-state index in [4.69, 9.17) is 0 Å². The van der Waals surface area contributed by atoms with Crippen LogP contribution in [0.2, 0.25) is 0 Å². The second kappa shape index (κ2) is 5.96. The molecule has 0 spiro atoms. The number of nitrogens with zero attached hydrogens (tertiary/aromatic N) is 1. The molecule has 0 amide bonds. The second-order valence-corrected chi connectivity index (χ2v) is 7.70. The largest absolute Gasteiger partial charge is 0.363 e. The summed E-state index contributed by atoms with van der Waals surface area (Å²) in [6.45, 7) is 14.9. The standard InChI is InChI=1S/C18H29FN2/c1-12(2)15-10-20-16(18(4,5)6)11-21(15)17-13(3)8-7-9-14(17)19/h7-9,12,15-16,20H,10-11H2,1-6H3. The number of para-hydroxylation sites is 1. The molecule has 21 heavy (non-hydrogen) atoms. The number of halogens is 1. The zero-order valence-corrected chi connectivity index (χ0v) is 14.2. The van der Waals surface area contributed by atoms with E-state index in [0.717, 1.165) is 24.3 Å². The number of benzene rings is 1. The molecule has 1 aromatic carbocycles. The Hall–Kier alpha value is -1.09. The fraction of sp³-hybridized carbons (Fsp3) is 0.667. The first kappa shape index (κ1) is 16.3. The molecule has 2 atom stereocenters. The number of aryl methyl sites for hydroxylation is 1. The molecule has 0 aliphatic carbocycles. The molecule has 0 bridgehead atoms. The molecule has 1 fully saturated rings. The molecular formula is C18H29FN2. The van der Waals surface area contributed by atoms with E-state index in [1.54, 1.807) is 12.1 Å². The van der Waals surface area contributed by atoms with Crippen LogP contribution in [0.1, 0.15) is 40.2 Å². The zero-order valence-electron chi connectivity index (χ0n) is 14.2. The average molecular weight is 292 g/mol. The fourth-order valence-corrected chi connectivity index (χ4v) is 3.19. The molecule has 0 saturated carbocycles. The van der Waals surface area contributed by atoms with Crippen molar-refractivity contribution in [3.8, 4) is 0 Å². The minimum absolute atomic E-state index is 0.102. The fourth-order valence-electron chi connectivity index (χ4n) is 3.19. The predicted molar refractivity (Wildman–Crippen MR) is 88.4 cm³/mol. The van der Waals surface area contributed by atoms with Gasteiger partial charge in [0.05, 0.1) is 5.69 Å². The molecule has 1 aromatic rings. The Labute approximate surface area is 128 Å². The SMILES string of the molecule is Cc1cccc(F)c1N1CC(C(C)(C)C)NCC1C(C)C. The van der Waals surface area contributed by atoms with Gasteiger partial charge in [-0.15, -0.1) is 0 Å². The minimum atomic E-state index is -0.102. The summed E-state index contributed by atoms with van der Waals surface area (Å²) in [6, 6.07) is 6.07. The Kier molecular flexibility index (Phi) is 4.62. The van der Waals surface area contributed by atoms with Crippen LogP contribution in [0.5, 0.6) is 0 Å². The maximum absolute atomic E-state index is 14.4. The molecule has 0 aromatic heterocycles. The Morgan fingerprint density at radius 2 is 1.95 bits per heavy atom. The molecule has 1 N–H and O–H groups in total. The van der Waals surface area contributed by atoms with Crippen molar-refractivity contribution >= 4 is 5.69 Å². The third-order valence-corrected chi connectivity index (χ3v) is 4.64. The monoisotopic (exact) mass is 292 g/mol. The Bertz CT molecular complexity index is 470. The lowest BCUT2D eigenvalue weighted by molar-refractivity contribution is 0.220. The van der Waals surface area contributed by atoms with E-state index in [0.29, 0.717) is 18.0 Å². The first-order chi connectivity index (χ1) is 9.71. The number of rotatable bonds is 2. The third-order valence-electron chi connectivity index (χ3n) is 4.64. The highest BCUT2D eigenvalue weighted by Crippen LogP contribution is 2.32. The van der Waals surface area contributed by atoms with Crippen LogP contribution in [0.4, 0.5) is 10.1 Å². The molecule has 118 valence electrons. The van der Waals surface area contributed by atoms with E-state index in [2.05, 4.69) is 44.8 Å². The maximum atomic E-state index is 14.4. The quantitative estimate of drug-likeness (QED) is 0.887. The molecule has 1 aliphatic heterocycles. The summed E-state index contributed by atoms with van der Waals surface area (Å²) in [7, 11) is 0. The molecule has 2 unspecified atom stereocenters. The highest BCUT2D eigenvalue weighted by Gasteiger charge is 2.36. The molecular weight excluding hydrogens is 263 g/mol. The van der Waals surface area contributed by atoms with E-state index in [1.165, 1.54) is 0 Å². The smallest absolute Gasteiger partial charge is 0.146 e. The molecule has 1 saturated heterocycles. The van der Waals surface area contributed by atoms with Crippen molar-refractivity contribution in [1.29, 1.82) is 0 Å². The summed E-state index contributed by atoms with van der Waals surface area (Å²) in [5.41, 5.74) is 1.97. The van der Waals surface area contributed by atoms with E-state index in [9.17, 15) is 4.39 Å². The first-order valence-corrected chi connectivity index (χ1v) is 7.97. The number of hydrogen-bond donors (Lipinski definition) is 1. The van der Waals surface area contributed by atoms with Crippen molar-refractivity contribution in [1.82, 2.24) is 5.32 Å². The van der Waals surface area contributed by atoms with Gasteiger partial charge < -0.3 is 10.2 Å². The summed E-state index contributed by atoms with van der Waals surface area (Å²) >= 11 is 0. The van der Waals surface area contributed by atoms with Gasteiger partial charge in [-0.1, -0.05) is 46.8 Å². The Balaban J connectivity index is 2.39. The van der Waals surface area contributed by atoms with Crippen LogP contribution in [-0.2, 0) is 0 Å². The summed E-state index contributed by atoms with van der Waals surface area (Å²) in [6.07, 6.45) is 0. The van der Waals surface area contributed by atoms with Crippen LogP contribution in [-0.4, -0.2) is 25.2 Å². The van der Waals surface area contributed by atoms with Gasteiger partial charge in [0.2, 0.25) is 0 Å². The van der Waals surface area contributed by atoms with Gasteiger partial charge >= 0.3 is 0 Å². The van der Waals surface area contributed by atoms with Gasteiger partial charge in [-0.05, 0) is 29.9 Å². The van der Waals surface area contributed by atoms with Gasteiger partial charge in [0, 0.05) is 25.2 Å². The molecule has 2 rings (SSSR count). The lowest BCUT2D eigenvalue weighted by atomic mass is 9.83. The summed E-state index contributed by atoms with van der Waals surface area (Å²) in [5.74, 6) is 0.382. The van der Waals surface area contributed by atoms with Crippen LogP contribution in [0, 0.1) is 24.1 Å². The Morgan fingerprint density at radius 1 is 1.29 bits per heavy atom. The normalized spacial score (nSPS) is 23.7. The van der Waals surface area contributed by atoms with Crippen molar-refractivity contribution in [3.05, 3.63) is 29.6 Å². The minimum Gasteiger partial charge on any atom is -0.363 e. The first-order valence-electron chi connectivity index (χ1n) is 7.97. The summed E-state index contributed by atoms with van der Waals surface area (Å²) in [4.78, 5) is 2.29. The second-order valence-electron chi connectivity index (χ2n) is 7.70. The van der Waals surface area contributed by atoms with E-state index in [-0.39, 0.29) is 11.2 Å². The van der Waals surface area contributed by atoms with E-state index in [1.807, 2.05) is 13.0 Å². The lowest BCUT2D eigenvalue weighted by Crippen LogP contribution is -2.62. The molecule has 0 radical (unpaired) electrons. The zero-order chi connectivity index (χ0) is 15.8. The molecule has 2 nitrogen and oxygen atoms in total. The van der Waals surface area contributed by atoms with E-state index < -0.39 is 0 Å². The third kappa shape index (κ3) is 3.39. The number of piperazine rings is 1. The predicted octanol–water partition coefficient (Wildman–Crippen LogP) is 3.98. The topological polar surface area (TPSA) is 15.3 Å². The van der Waals surface area contributed by atoms with Crippen molar-refractivity contribution < 1.29 is 4.39 Å². The van der Waals surface area contributed by atoms with Crippen LogP contribution >= 0.6 is 0 Å². The number of nitrogens with one attached hydrogen (secondary N) is 1. The molecule has 1 heterocycles. The van der Waals surface area contributed by atoms with E-state index >= 15 is 0 Å². The maximum Gasteiger partial charge on any atom is 0.146 e. The van der Waals surface area contributed by atoms with Gasteiger partial charge in [0.25, 0.3) is 0 Å². The molecule has 3 heteroatoms. The van der Waals surface area contributed by atoms with Gasteiger partial charge in [0.15, 0.2) is 0 Å². The average Bonchev–Trinajstić information content (AvgIpc) is 2.37. The number of anilines is 1. The van der Waals surface area contributed by atoms with Gasteiger partial charge in [-0.3, -0.25) is 0 Å². The molecule has 1 aliphatic rings. The van der Waals surface area contributed by atoms with Crippen LogP contribution in [0.15, 0.2) is 18.2 Å². The van der Waals surface area contributed by atoms with Crippen LogP contribution in [0.25, 0.3) is 0 Å². The van der Waals surface area contributed by atoms with Gasteiger partial charge in [0.1, 0.15) is 5.82 Å². The van der Waals surface area contributed by atoms with Crippen molar-refractivity contribution in [2.24, 2.45) is 11.3 Å². The Morgan fingerprint density at radius 3 is 2.48 bits per heavy atom. The highest BCUT2D eigenvalue weighted by molar-refractivity contribution is 5.56. The van der Waals surface area contributed by atoms with Gasteiger partial charge in [-0.2, -0.15) is 0 Å². The summed E-state index contributed by atoms with van der Waals surface area (Å²) in [5, 5.41) is 3.67.